The molecule has 5 nitrogen and oxygen atoms in total. The van der Waals surface area contributed by atoms with Crippen LogP contribution in [0.4, 0.5) is 19.1 Å². The third-order valence-electron chi connectivity index (χ3n) is 4.43. The van der Waals surface area contributed by atoms with E-state index in [0.29, 0.717) is 11.6 Å². The van der Waals surface area contributed by atoms with Gasteiger partial charge in [-0.3, -0.25) is 4.79 Å². The summed E-state index contributed by atoms with van der Waals surface area (Å²) >= 11 is 0. The first-order valence-corrected chi connectivity index (χ1v) is 8.45. The molecule has 146 valence electrons. The number of carbonyl (C=O) groups is 1. The first-order valence-electron chi connectivity index (χ1n) is 8.45. The first-order chi connectivity index (χ1) is 12.5. The fraction of sp³-hybridized carbons (Fsp3) is 0.389. The molecule has 0 unspecified atom stereocenters. The van der Waals surface area contributed by atoms with Gasteiger partial charge in [-0.25, -0.2) is 23.1 Å². The highest BCUT2D eigenvalue weighted by molar-refractivity contribution is 5.94. The van der Waals surface area contributed by atoms with Gasteiger partial charge >= 0.3 is 0 Å². The summed E-state index contributed by atoms with van der Waals surface area (Å²) in [5, 5.41) is 6.03. The second-order valence-electron chi connectivity index (χ2n) is 6.30. The first kappa shape index (κ1) is 21.0. The van der Waals surface area contributed by atoms with Crippen LogP contribution in [0.3, 0.4) is 0 Å². The predicted molar refractivity (Wildman–Crippen MR) is 97.6 cm³/mol. The van der Waals surface area contributed by atoms with Gasteiger partial charge in [0.15, 0.2) is 11.6 Å². The average molecular weight is 401 g/mol. The summed E-state index contributed by atoms with van der Waals surface area (Å²) in [5.41, 5.74) is 0.426. The van der Waals surface area contributed by atoms with E-state index in [1.165, 1.54) is 18.3 Å². The Balaban J connectivity index is 0.00000261. The summed E-state index contributed by atoms with van der Waals surface area (Å²) in [6.45, 7) is -0.639. The number of nitrogens with one attached hydrogen (secondary N) is 2. The van der Waals surface area contributed by atoms with Crippen LogP contribution in [0.15, 0.2) is 30.5 Å². The highest BCUT2D eigenvalue weighted by Gasteiger charge is 2.23. The highest BCUT2D eigenvalue weighted by Crippen LogP contribution is 2.22. The molecule has 0 saturated heterocycles. The lowest BCUT2D eigenvalue weighted by Gasteiger charge is -2.29. The van der Waals surface area contributed by atoms with Crippen molar-refractivity contribution in [1.29, 1.82) is 0 Å². The Bertz CT molecular complexity index is 785. The minimum Gasteiger partial charge on any atom is -0.351 e. The fourth-order valence-electron chi connectivity index (χ4n) is 3.01. The molecule has 1 amide bonds. The lowest BCUT2D eigenvalue weighted by atomic mass is 9.91. The minimum absolute atomic E-state index is 0. The summed E-state index contributed by atoms with van der Waals surface area (Å²) in [5.74, 6) is -2.04. The van der Waals surface area contributed by atoms with Crippen molar-refractivity contribution in [2.24, 2.45) is 0 Å². The number of rotatable bonds is 5. The van der Waals surface area contributed by atoms with Crippen LogP contribution in [-0.2, 0) is 6.67 Å². The molecule has 1 aliphatic carbocycles. The molecule has 1 aromatic carbocycles. The van der Waals surface area contributed by atoms with Gasteiger partial charge in [0.05, 0.1) is 5.69 Å². The number of benzene rings is 1. The molecule has 9 heteroatoms. The number of anilines is 1. The molecule has 1 fully saturated rings. The van der Waals surface area contributed by atoms with Gasteiger partial charge in [0.2, 0.25) is 5.95 Å². The molecule has 0 aliphatic heterocycles. The SMILES string of the molecule is Cl.O=C(NC1CCC(Nc2nccc(CF)n2)CC1)c1ccc(F)c(F)c1. The van der Waals surface area contributed by atoms with Crippen molar-refractivity contribution in [3.8, 4) is 0 Å². The Morgan fingerprint density at radius 1 is 1.07 bits per heavy atom. The molecular formula is C18H20ClF3N4O. The van der Waals surface area contributed by atoms with Crippen LogP contribution in [0.2, 0.25) is 0 Å². The molecule has 1 aromatic heterocycles. The molecule has 0 bridgehead atoms. The van der Waals surface area contributed by atoms with E-state index in [1.54, 1.807) is 0 Å². The van der Waals surface area contributed by atoms with Gasteiger partial charge in [0.25, 0.3) is 5.91 Å². The van der Waals surface area contributed by atoms with Crippen LogP contribution in [-0.4, -0.2) is 28.0 Å². The zero-order chi connectivity index (χ0) is 18.5. The number of halogens is 4. The Kier molecular flexibility index (Phi) is 7.41. The molecule has 1 aliphatic rings. The maximum atomic E-state index is 13.2. The number of alkyl halides is 1. The van der Waals surface area contributed by atoms with E-state index in [-0.39, 0.29) is 30.1 Å². The van der Waals surface area contributed by atoms with Crippen molar-refractivity contribution >= 4 is 24.3 Å². The Hall–Kier alpha value is -2.35. The standard InChI is InChI=1S/C18H19F3N4O.ClH/c19-10-14-7-8-22-18(25-14)24-13-4-2-12(3-5-13)23-17(26)11-1-6-15(20)16(21)9-11;/h1,6-9,12-13H,2-5,10H2,(H,23,26)(H,22,24,25);1H. The van der Waals surface area contributed by atoms with E-state index in [2.05, 4.69) is 20.6 Å². The third kappa shape index (κ3) is 5.56. The zero-order valence-electron chi connectivity index (χ0n) is 14.4. The van der Waals surface area contributed by atoms with Gasteiger partial charge in [0, 0.05) is 23.8 Å². The van der Waals surface area contributed by atoms with Crippen molar-refractivity contribution < 1.29 is 18.0 Å². The molecule has 2 aromatic rings. The molecule has 1 heterocycles. The van der Waals surface area contributed by atoms with Crippen molar-refractivity contribution in [2.45, 2.75) is 44.4 Å². The van der Waals surface area contributed by atoms with Crippen LogP contribution in [0.25, 0.3) is 0 Å². The number of hydrogen-bond acceptors (Lipinski definition) is 4. The maximum absolute atomic E-state index is 13.2. The van der Waals surface area contributed by atoms with Gasteiger partial charge in [0.1, 0.15) is 6.67 Å². The monoisotopic (exact) mass is 400 g/mol. The van der Waals surface area contributed by atoms with Crippen molar-refractivity contribution in [1.82, 2.24) is 15.3 Å². The largest absolute Gasteiger partial charge is 0.351 e. The van der Waals surface area contributed by atoms with Crippen molar-refractivity contribution in [3.05, 3.63) is 53.4 Å². The van der Waals surface area contributed by atoms with Gasteiger partial charge in [-0.15, -0.1) is 12.4 Å². The summed E-state index contributed by atoms with van der Waals surface area (Å²) in [6, 6.07) is 4.73. The number of aromatic nitrogens is 2. The van der Waals surface area contributed by atoms with E-state index in [0.717, 1.165) is 37.8 Å². The molecule has 0 atom stereocenters. The lowest BCUT2D eigenvalue weighted by Crippen LogP contribution is -2.40. The highest BCUT2D eigenvalue weighted by atomic mass is 35.5. The molecule has 27 heavy (non-hydrogen) atoms. The quantitative estimate of drug-likeness (QED) is 0.801. The number of nitrogens with zero attached hydrogens (tertiary/aromatic N) is 2. The van der Waals surface area contributed by atoms with Gasteiger partial charge < -0.3 is 10.6 Å². The Labute approximate surface area is 161 Å². The van der Waals surface area contributed by atoms with Crippen LogP contribution < -0.4 is 10.6 Å². The average Bonchev–Trinajstić information content (AvgIpc) is 2.65. The molecule has 2 N–H and O–H groups in total. The van der Waals surface area contributed by atoms with Gasteiger partial charge in [-0.1, -0.05) is 0 Å². The Morgan fingerprint density at radius 3 is 2.44 bits per heavy atom. The second-order valence-corrected chi connectivity index (χ2v) is 6.30. The lowest BCUT2D eigenvalue weighted by molar-refractivity contribution is 0.0926. The fourth-order valence-corrected chi connectivity index (χ4v) is 3.01. The van der Waals surface area contributed by atoms with E-state index >= 15 is 0 Å². The van der Waals surface area contributed by atoms with Crippen LogP contribution >= 0.6 is 12.4 Å². The van der Waals surface area contributed by atoms with Gasteiger partial charge in [-0.05, 0) is 49.9 Å². The summed E-state index contributed by atoms with van der Waals surface area (Å²) in [6.07, 6.45) is 4.54. The Morgan fingerprint density at radius 2 is 1.78 bits per heavy atom. The van der Waals surface area contributed by atoms with E-state index in [1.807, 2.05) is 0 Å². The summed E-state index contributed by atoms with van der Waals surface area (Å²) in [7, 11) is 0. The summed E-state index contributed by atoms with van der Waals surface area (Å²) in [4.78, 5) is 20.3. The molecule has 0 radical (unpaired) electrons. The normalized spacial score (nSPS) is 19.1. The van der Waals surface area contributed by atoms with Crippen molar-refractivity contribution in [2.75, 3.05) is 5.32 Å². The molecule has 3 rings (SSSR count). The number of hydrogen-bond donors (Lipinski definition) is 2. The third-order valence-corrected chi connectivity index (χ3v) is 4.43. The van der Waals surface area contributed by atoms with Crippen LogP contribution in [0, 0.1) is 11.6 Å². The zero-order valence-corrected chi connectivity index (χ0v) is 15.2. The smallest absolute Gasteiger partial charge is 0.251 e. The van der Waals surface area contributed by atoms with E-state index < -0.39 is 24.2 Å². The van der Waals surface area contributed by atoms with Gasteiger partial charge in [-0.2, -0.15) is 0 Å². The van der Waals surface area contributed by atoms with Crippen molar-refractivity contribution in [3.63, 3.8) is 0 Å². The number of carbonyl (C=O) groups excluding carboxylic acids is 1. The topological polar surface area (TPSA) is 66.9 Å². The molecular weight excluding hydrogens is 381 g/mol. The van der Waals surface area contributed by atoms with E-state index in [9.17, 15) is 18.0 Å². The maximum Gasteiger partial charge on any atom is 0.251 e. The molecule has 0 spiro atoms. The van der Waals surface area contributed by atoms with Crippen LogP contribution in [0.5, 0.6) is 0 Å². The predicted octanol–water partition coefficient (Wildman–Crippen LogP) is 3.80. The summed E-state index contributed by atoms with van der Waals surface area (Å²) < 4.78 is 38.8. The number of amides is 1. The van der Waals surface area contributed by atoms with E-state index in [4.69, 9.17) is 0 Å². The second kappa shape index (κ2) is 9.55. The molecule has 1 saturated carbocycles. The minimum atomic E-state index is -1.04. The van der Waals surface area contributed by atoms with Crippen LogP contribution in [0.1, 0.15) is 41.7 Å².